The number of benzene rings is 2. The van der Waals surface area contributed by atoms with Crippen molar-refractivity contribution in [3.63, 3.8) is 0 Å². The third-order valence-corrected chi connectivity index (χ3v) is 5.31. The molecule has 6 heteroatoms. The first kappa shape index (κ1) is 13.9. The van der Waals surface area contributed by atoms with Crippen LogP contribution in [-0.2, 0) is 0 Å². The van der Waals surface area contributed by atoms with Gasteiger partial charge in [0.1, 0.15) is 6.33 Å². The predicted octanol–water partition coefficient (Wildman–Crippen LogP) is 5.54. The van der Waals surface area contributed by atoms with Crippen LogP contribution in [-0.4, -0.2) is 14.6 Å². The zero-order valence-corrected chi connectivity index (χ0v) is 14.4. The second kappa shape index (κ2) is 5.50. The molecule has 0 unspecified atom stereocenters. The van der Waals surface area contributed by atoms with Gasteiger partial charge in [0.15, 0.2) is 0 Å². The van der Waals surface area contributed by atoms with Crippen molar-refractivity contribution in [3.05, 3.63) is 64.4 Å². The normalized spacial score (nSPS) is 11.2. The lowest BCUT2D eigenvalue weighted by Crippen LogP contribution is -1.90. The van der Waals surface area contributed by atoms with Crippen molar-refractivity contribution in [2.75, 3.05) is 0 Å². The molecule has 2 heterocycles. The van der Waals surface area contributed by atoms with Gasteiger partial charge in [0.25, 0.3) is 0 Å². The molecule has 2 aromatic carbocycles. The Bertz CT molecular complexity index is 959. The van der Waals surface area contributed by atoms with Crippen LogP contribution in [0, 0.1) is 0 Å². The van der Waals surface area contributed by atoms with E-state index in [1.165, 1.54) is 0 Å². The molecule has 3 nitrogen and oxygen atoms in total. The van der Waals surface area contributed by atoms with Crippen molar-refractivity contribution in [3.8, 4) is 21.7 Å². The van der Waals surface area contributed by atoms with Crippen LogP contribution < -0.4 is 0 Å². The maximum atomic E-state index is 6.39. The highest BCUT2D eigenvalue weighted by Gasteiger charge is 2.18. The summed E-state index contributed by atoms with van der Waals surface area (Å²) in [6.07, 6.45) is 1.57. The summed E-state index contributed by atoms with van der Waals surface area (Å²) in [7, 11) is 0. The summed E-state index contributed by atoms with van der Waals surface area (Å²) >= 11 is 11.4. The van der Waals surface area contributed by atoms with E-state index in [0.717, 1.165) is 36.2 Å². The molecule has 0 fully saturated rings. The van der Waals surface area contributed by atoms with Gasteiger partial charge in [-0.2, -0.15) is 5.10 Å². The zero-order chi connectivity index (χ0) is 15.1. The first-order chi connectivity index (χ1) is 10.7. The molecular formula is C16H9BrClN3S. The van der Waals surface area contributed by atoms with Crippen molar-refractivity contribution >= 4 is 43.8 Å². The van der Waals surface area contributed by atoms with Crippen LogP contribution in [0.2, 0.25) is 5.02 Å². The van der Waals surface area contributed by atoms with Crippen molar-refractivity contribution < 1.29 is 0 Å². The Morgan fingerprint density at radius 3 is 2.59 bits per heavy atom. The molecule has 0 spiro atoms. The van der Waals surface area contributed by atoms with Gasteiger partial charge in [-0.1, -0.05) is 69.2 Å². The SMILES string of the molecule is Clc1ccccc1-c1sc2ncnn2c1-c1ccc(Br)cc1. The predicted molar refractivity (Wildman–Crippen MR) is 94.4 cm³/mol. The lowest BCUT2D eigenvalue weighted by molar-refractivity contribution is 0.985. The molecular weight excluding hydrogens is 382 g/mol. The van der Waals surface area contributed by atoms with Crippen molar-refractivity contribution in [2.45, 2.75) is 0 Å². The number of nitrogens with zero attached hydrogens (tertiary/aromatic N) is 3. The van der Waals surface area contributed by atoms with Gasteiger partial charge in [0.05, 0.1) is 10.6 Å². The molecule has 0 aliphatic heterocycles. The van der Waals surface area contributed by atoms with Crippen LogP contribution in [0.4, 0.5) is 0 Å². The average molecular weight is 391 g/mol. The second-order valence-electron chi connectivity index (χ2n) is 4.72. The Balaban J connectivity index is 2.03. The van der Waals surface area contributed by atoms with E-state index in [-0.39, 0.29) is 0 Å². The maximum absolute atomic E-state index is 6.39. The summed E-state index contributed by atoms with van der Waals surface area (Å²) in [5, 5.41) is 5.08. The minimum absolute atomic E-state index is 0.727. The van der Waals surface area contributed by atoms with E-state index >= 15 is 0 Å². The van der Waals surface area contributed by atoms with E-state index in [1.807, 2.05) is 40.9 Å². The van der Waals surface area contributed by atoms with Crippen LogP contribution in [0.1, 0.15) is 0 Å². The minimum atomic E-state index is 0.727. The van der Waals surface area contributed by atoms with Crippen LogP contribution >= 0.6 is 38.9 Å². The van der Waals surface area contributed by atoms with Crippen LogP contribution in [0.25, 0.3) is 26.7 Å². The molecule has 4 aromatic rings. The molecule has 0 bridgehead atoms. The summed E-state index contributed by atoms with van der Waals surface area (Å²) in [5.74, 6) is 0. The number of fused-ring (bicyclic) bond motifs is 1. The molecule has 0 N–H and O–H groups in total. The molecule has 0 amide bonds. The number of halogens is 2. The Kier molecular flexibility index (Phi) is 3.48. The second-order valence-corrected chi connectivity index (χ2v) is 7.02. The Hall–Kier alpha value is -1.69. The summed E-state index contributed by atoms with van der Waals surface area (Å²) in [6, 6.07) is 16.0. The highest BCUT2D eigenvalue weighted by molar-refractivity contribution is 9.10. The van der Waals surface area contributed by atoms with E-state index < -0.39 is 0 Å². The molecule has 22 heavy (non-hydrogen) atoms. The van der Waals surface area contributed by atoms with Gasteiger partial charge in [-0.05, 0) is 18.2 Å². The molecule has 0 saturated heterocycles. The largest absolute Gasteiger partial charge is 0.213 e. The molecule has 0 radical (unpaired) electrons. The average Bonchev–Trinajstić information content (AvgIpc) is 3.09. The van der Waals surface area contributed by atoms with E-state index in [9.17, 15) is 0 Å². The molecule has 0 aliphatic carbocycles. The first-order valence-electron chi connectivity index (χ1n) is 6.57. The van der Waals surface area contributed by atoms with E-state index in [4.69, 9.17) is 11.6 Å². The Labute approximate surface area is 144 Å². The number of rotatable bonds is 2. The van der Waals surface area contributed by atoms with Crippen molar-refractivity contribution in [1.82, 2.24) is 14.6 Å². The summed E-state index contributed by atoms with van der Waals surface area (Å²) in [5.41, 5.74) is 3.09. The smallest absolute Gasteiger partial charge is 0.206 e. The van der Waals surface area contributed by atoms with E-state index in [2.05, 4.69) is 38.1 Å². The highest BCUT2D eigenvalue weighted by Crippen LogP contribution is 2.41. The maximum Gasteiger partial charge on any atom is 0.213 e. The molecule has 0 atom stereocenters. The third kappa shape index (κ3) is 2.26. The van der Waals surface area contributed by atoms with E-state index in [0.29, 0.717) is 0 Å². The third-order valence-electron chi connectivity index (χ3n) is 3.37. The topological polar surface area (TPSA) is 30.2 Å². The van der Waals surface area contributed by atoms with Gasteiger partial charge in [0, 0.05) is 20.6 Å². The minimum Gasteiger partial charge on any atom is -0.206 e. The van der Waals surface area contributed by atoms with Crippen LogP contribution in [0.5, 0.6) is 0 Å². The van der Waals surface area contributed by atoms with Crippen molar-refractivity contribution in [2.24, 2.45) is 0 Å². The summed E-state index contributed by atoms with van der Waals surface area (Å²) in [6.45, 7) is 0. The number of hydrogen-bond donors (Lipinski definition) is 0. The van der Waals surface area contributed by atoms with Gasteiger partial charge in [-0.25, -0.2) is 9.50 Å². The van der Waals surface area contributed by atoms with Gasteiger partial charge in [-0.3, -0.25) is 0 Å². The monoisotopic (exact) mass is 389 g/mol. The lowest BCUT2D eigenvalue weighted by atomic mass is 10.1. The first-order valence-corrected chi connectivity index (χ1v) is 8.56. The van der Waals surface area contributed by atoms with Gasteiger partial charge in [-0.15, -0.1) is 0 Å². The lowest BCUT2D eigenvalue weighted by Gasteiger charge is -2.06. The van der Waals surface area contributed by atoms with Crippen molar-refractivity contribution in [1.29, 1.82) is 0 Å². The number of thiazole rings is 1. The molecule has 2 aromatic heterocycles. The molecule has 108 valence electrons. The summed E-state index contributed by atoms with van der Waals surface area (Å²) < 4.78 is 2.91. The quantitative estimate of drug-likeness (QED) is 0.450. The zero-order valence-electron chi connectivity index (χ0n) is 11.2. The Morgan fingerprint density at radius 2 is 1.82 bits per heavy atom. The highest BCUT2D eigenvalue weighted by atomic mass is 79.9. The van der Waals surface area contributed by atoms with Crippen LogP contribution in [0.15, 0.2) is 59.3 Å². The fourth-order valence-electron chi connectivity index (χ4n) is 2.38. The van der Waals surface area contributed by atoms with Gasteiger partial charge >= 0.3 is 0 Å². The molecule has 4 rings (SSSR count). The Morgan fingerprint density at radius 1 is 1.05 bits per heavy atom. The molecule has 0 saturated carbocycles. The number of hydrogen-bond acceptors (Lipinski definition) is 3. The van der Waals surface area contributed by atoms with Gasteiger partial charge < -0.3 is 0 Å². The van der Waals surface area contributed by atoms with Crippen LogP contribution in [0.3, 0.4) is 0 Å². The van der Waals surface area contributed by atoms with Gasteiger partial charge in [0.2, 0.25) is 4.96 Å². The summed E-state index contributed by atoms with van der Waals surface area (Å²) in [4.78, 5) is 6.24. The fourth-order valence-corrected chi connectivity index (χ4v) is 4.03. The number of aromatic nitrogens is 3. The molecule has 0 aliphatic rings. The fraction of sp³-hybridized carbons (Fsp3) is 0. The standard InChI is InChI=1S/C16H9BrClN3S/c17-11-7-5-10(6-8-11)14-15(12-3-1-2-4-13(12)18)22-16-19-9-20-21(14)16/h1-9H. The van der Waals surface area contributed by atoms with E-state index in [1.54, 1.807) is 17.7 Å².